The van der Waals surface area contributed by atoms with E-state index in [2.05, 4.69) is 31.3 Å². The maximum absolute atomic E-state index is 13.0. The zero-order valence-electron chi connectivity index (χ0n) is 49.2. The molecular formula is C63H128N2O6P+. The molecule has 0 aromatic carbocycles. The summed E-state index contributed by atoms with van der Waals surface area (Å²) in [6.45, 7) is 4.93. The van der Waals surface area contributed by atoms with E-state index in [0.29, 0.717) is 23.9 Å². The van der Waals surface area contributed by atoms with E-state index in [9.17, 15) is 19.4 Å². The minimum Gasteiger partial charge on any atom is -0.391 e. The summed E-state index contributed by atoms with van der Waals surface area (Å²) in [6, 6.07) is -0.761. The van der Waals surface area contributed by atoms with Crippen LogP contribution in [0, 0.1) is 0 Å². The minimum atomic E-state index is -4.32. The highest BCUT2D eigenvalue weighted by atomic mass is 31.2. The van der Waals surface area contributed by atoms with Crippen LogP contribution in [0.5, 0.6) is 0 Å². The van der Waals surface area contributed by atoms with E-state index in [0.717, 1.165) is 38.5 Å². The number of carbonyl (C=O) groups is 1. The molecule has 8 nitrogen and oxygen atoms in total. The largest absolute Gasteiger partial charge is 0.472 e. The maximum Gasteiger partial charge on any atom is 0.472 e. The van der Waals surface area contributed by atoms with Gasteiger partial charge in [0.15, 0.2) is 0 Å². The van der Waals surface area contributed by atoms with Crippen LogP contribution in [0.2, 0.25) is 0 Å². The van der Waals surface area contributed by atoms with Crippen LogP contribution >= 0.6 is 7.82 Å². The second-order valence-corrected chi connectivity index (χ2v) is 25.0. The Bertz CT molecular complexity index is 1180. The molecule has 430 valence electrons. The quantitative estimate of drug-likeness (QED) is 0.0243. The van der Waals surface area contributed by atoms with E-state index in [1.165, 1.54) is 270 Å². The Morgan fingerprint density at radius 3 is 1.07 bits per heavy atom. The second kappa shape index (κ2) is 55.0. The summed E-state index contributed by atoms with van der Waals surface area (Å²) in [5.74, 6) is -0.143. The zero-order valence-corrected chi connectivity index (χ0v) is 50.1. The lowest BCUT2D eigenvalue weighted by Gasteiger charge is -2.26. The second-order valence-electron chi connectivity index (χ2n) is 23.5. The molecule has 0 fully saturated rings. The molecule has 0 aliphatic heterocycles. The van der Waals surface area contributed by atoms with Gasteiger partial charge < -0.3 is 19.8 Å². The van der Waals surface area contributed by atoms with E-state index < -0.39 is 20.0 Å². The molecule has 1 amide bonds. The van der Waals surface area contributed by atoms with Gasteiger partial charge in [-0.2, -0.15) is 0 Å². The molecule has 0 saturated carbocycles. The number of unbranched alkanes of at least 4 members (excludes halogenated alkanes) is 45. The summed E-state index contributed by atoms with van der Waals surface area (Å²) in [7, 11) is 1.63. The molecule has 3 atom stereocenters. The molecule has 0 aliphatic carbocycles. The van der Waals surface area contributed by atoms with Gasteiger partial charge in [0.1, 0.15) is 13.2 Å². The average Bonchev–Trinajstić information content (AvgIpc) is 3.34. The third-order valence-electron chi connectivity index (χ3n) is 15.0. The van der Waals surface area contributed by atoms with Crippen molar-refractivity contribution in [3.05, 3.63) is 12.2 Å². The number of phosphoric ester groups is 1. The first-order chi connectivity index (χ1) is 35.0. The molecule has 3 N–H and O–H groups in total. The first kappa shape index (κ1) is 71.2. The SMILES string of the molecule is CCCCCCCC/C=C\CCCCCCCCCC(=O)NC(COP(=O)(O)OCC[N+](C)(C)C)C(O)CCCCCCCCCCCCCCCCCCCCCCCCCCCCCCCCCCC. The number of likely N-dealkylation sites (N-methyl/N-ethyl adjacent to an activating group) is 1. The van der Waals surface area contributed by atoms with Gasteiger partial charge in [0.25, 0.3) is 0 Å². The van der Waals surface area contributed by atoms with Gasteiger partial charge in [-0.15, -0.1) is 0 Å². The minimum absolute atomic E-state index is 0.0763. The smallest absolute Gasteiger partial charge is 0.391 e. The van der Waals surface area contributed by atoms with Crippen LogP contribution in [0.3, 0.4) is 0 Å². The lowest BCUT2D eigenvalue weighted by Crippen LogP contribution is -2.46. The standard InChI is InChI=1S/C63H127N2O6P/c1-6-8-10-12-14-16-18-20-22-24-25-26-27-28-29-30-31-32-33-34-35-36-37-38-39-41-42-44-46-48-50-52-54-56-62(66)61(60-71-72(68,69)70-59-58-65(3,4)5)64-63(67)57-55-53-51-49-47-45-43-40-23-21-19-17-15-13-11-9-7-2/h21,23,61-62,66H,6-20,22,24-60H2,1-5H3,(H-,64,67,68,69)/p+1/b23-21-. The Labute approximate surface area is 450 Å². The Kier molecular flexibility index (Phi) is 54.4. The van der Waals surface area contributed by atoms with Crippen molar-refractivity contribution in [2.75, 3.05) is 40.9 Å². The maximum atomic E-state index is 13.0. The number of carbonyl (C=O) groups excluding carboxylic acids is 1. The number of allylic oxidation sites excluding steroid dienone is 2. The van der Waals surface area contributed by atoms with Crippen molar-refractivity contribution >= 4 is 13.7 Å². The molecule has 0 saturated heterocycles. The predicted octanol–water partition coefficient (Wildman–Crippen LogP) is 19.8. The van der Waals surface area contributed by atoms with Crippen molar-refractivity contribution in [1.29, 1.82) is 0 Å². The van der Waals surface area contributed by atoms with E-state index in [-0.39, 0.29) is 19.1 Å². The molecular weight excluding hydrogens is 912 g/mol. The number of amides is 1. The Morgan fingerprint density at radius 1 is 0.458 bits per heavy atom. The molecule has 0 radical (unpaired) electrons. The highest BCUT2D eigenvalue weighted by molar-refractivity contribution is 7.47. The number of hydrogen-bond donors (Lipinski definition) is 3. The topological polar surface area (TPSA) is 105 Å². The molecule has 0 spiro atoms. The molecule has 0 heterocycles. The number of quaternary nitrogens is 1. The van der Waals surface area contributed by atoms with Gasteiger partial charge in [-0.25, -0.2) is 4.57 Å². The Hall–Kier alpha value is -0.760. The zero-order chi connectivity index (χ0) is 52.7. The van der Waals surface area contributed by atoms with E-state index in [1.54, 1.807) is 0 Å². The van der Waals surface area contributed by atoms with Crippen LogP contribution in [0.4, 0.5) is 0 Å². The first-order valence-electron chi connectivity index (χ1n) is 32.1. The number of rotatable bonds is 60. The van der Waals surface area contributed by atoms with Crippen LogP contribution < -0.4 is 5.32 Å². The summed E-state index contributed by atoms with van der Waals surface area (Å²) >= 11 is 0. The van der Waals surface area contributed by atoms with Crippen LogP contribution in [0.15, 0.2) is 12.2 Å². The number of nitrogens with zero attached hydrogens (tertiary/aromatic N) is 1. The van der Waals surface area contributed by atoms with Gasteiger partial charge in [-0.1, -0.05) is 302 Å². The highest BCUT2D eigenvalue weighted by Crippen LogP contribution is 2.43. The Balaban J connectivity index is 3.98. The van der Waals surface area contributed by atoms with Crippen LogP contribution in [0.1, 0.15) is 335 Å². The fourth-order valence-electron chi connectivity index (χ4n) is 9.99. The highest BCUT2D eigenvalue weighted by Gasteiger charge is 2.28. The van der Waals surface area contributed by atoms with Gasteiger partial charge in [0, 0.05) is 6.42 Å². The van der Waals surface area contributed by atoms with Gasteiger partial charge in [-0.3, -0.25) is 13.8 Å². The normalized spacial score (nSPS) is 13.8. The van der Waals surface area contributed by atoms with Crippen molar-refractivity contribution in [2.45, 2.75) is 347 Å². The number of hydrogen-bond acceptors (Lipinski definition) is 5. The fourth-order valence-corrected chi connectivity index (χ4v) is 10.7. The van der Waals surface area contributed by atoms with Gasteiger partial charge in [0.2, 0.25) is 5.91 Å². The molecule has 72 heavy (non-hydrogen) atoms. The number of aliphatic hydroxyl groups excluding tert-OH is 1. The summed E-state index contributed by atoms with van der Waals surface area (Å²) in [5.41, 5.74) is 0. The monoisotopic (exact) mass is 1040 g/mol. The van der Waals surface area contributed by atoms with Crippen LogP contribution in [-0.4, -0.2) is 73.4 Å². The summed E-state index contributed by atoms with van der Waals surface area (Å²) in [5, 5.41) is 14.1. The van der Waals surface area contributed by atoms with Crippen LogP contribution in [0.25, 0.3) is 0 Å². The lowest BCUT2D eigenvalue weighted by atomic mass is 10.0. The van der Waals surface area contributed by atoms with Crippen molar-refractivity contribution in [2.24, 2.45) is 0 Å². The van der Waals surface area contributed by atoms with Gasteiger partial charge >= 0.3 is 7.82 Å². The molecule has 0 rings (SSSR count). The molecule has 0 bridgehead atoms. The van der Waals surface area contributed by atoms with Crippen molar-refractivity contribution in [3.63, 3.8) is 0 Å². The number of nitrogens with one attached hydrogen (secondary N) is 1. The van der Waals surface area contributed by atoms with Crippen LogP contribution in [-0.2, 0) is 18.4 Å². The molecule has 3 unspecified atom stereocenters. The molecule has 0 aromatic rings. The lowest BCUT2D eigenvalue weighted by molar-refractivity contribution is -0.870. The summed E-state index contributed by atoms with van der Waals surface area (Å²) in [4.78, 5) is 23.3. The third kappa shape index (κ3) is 57.0. The number of aliphatic hydroxyl groups is 1. The fraction of sp³-hybridized carbons (Fsp3) is 0.952. The molecule has 0 aromatic heterocycles. The number of phosphoric acid groups is 1. The van der Waals surface area contributed by atoms with Gasteiger partial charge in [0.05, 0.1) is 39.9 Å². The van der Waals surface area contributed by atoms with E-state index in [1.807, 2.05) is 21.1 Å². The first-order valence-corrected chi connectivity index (χ1v) is 33.5. The van der Waals surface area contributed by atoms with E-state index in [4.69, 9.17) is 9.05 Å². The van der Waals surface area contributed by atoms with Gasteiger partial charge in [-0.05, 0) is 38.5 Å². The van der Waals surface area contributed by atoms with Crippen molar-refractivity contribution < 1.29 is 32.9 Å². The summed E-state index contributed by atoms with van der Waals surface area (Å²) in [6.07, 6.45) is 68.7. The third-order valence-corrected chi connectivity index (χ3v) is 16.0. The predicted molar refractivity (Wildman–Crippen MR) is 314 cm³/mol. The molecule has 9 heteroatoms. The van der Waals surface area contributed by atoms with Crippen molar-refractivity contribution in [1.82, 2.24) is 5.32 Å². The summed E-state index contributed by atoms with van der Waals surface area (Å²) < 4.78 is 23.8. The molecule has 0 aliphatic rings. The van der Waals surface area contributed by atoms with E-state index >= 15 is 0 Å². The average molecular weight is 1040 g/mol. The van der Waals surface area contributed by atoms with Crippen molar-refractivity contribution in [3.8, 4) is 0 Å². The Morgan fingerprint density at radius 2 is 0.750 bits per heavy atom.